The zero-order chi connectivity index (χ0) is 12.5. The monoisotopic (exact) mass is 259 g/mol. The number of sulfone groups is 1. The maximum atomic E-state index is 12.1. The highest BCUT2D eigenvalue weighted by Gasteiger charge is 2.40. The van der Waals surface area contributed by atoms with Gasteiger partial charge >= 0.3 is 0 Å². The molecule has 0 aromatic carbocycles. The van der Waals surface area contributed by atoms with Crippen molar-refractivity contribution in [2.45, 2.75) is 44.3 Å². The first-order valence-corrected chi connectivity index (χ1v) is 8.26. The lowest BCUT2D eigenvalue weighted by Gasteiger charge is -2.41. The van der Waals surface area contributed by atoms with E-state index in [4.69, 9.17) is 0 Å². The van der Waals surface area contributed by atoms with E-state index < -0.39 is 9.84 Å². The highest BCUT2D eigenvalue weighted by molar-refractivity contribution is 7.92. The van der Waals surface area contributed by atoms with Gasteiger partial charge < -0.3 is 4.90 Å². The van der Waals surface area contributed by atoms with Crippen LogP contribution in [0.15, 0.2) is 0 Å². The summed E-state index contributed by atoms with van der Waals surface area (Å²) in [7, 11) is -2.95. The molecule has 2 rings (SSSR count). The molecule has 1 aliphatic heterocycles. The Morgan fingerprint density at radius 3 is 2.29 bits per heavy atom. The van der Waals surface area contributed by atoms with Gasteiger partial charge in [-0.25, -0.2) is 8.42 Å². The van der Waals surface area contributed by atoms with E-state index in [1.165, 1.54) is 6.42 Å². The molecule has 1 saturated heterocycles. The lowest BCUT2D eigenvalue weighted by molar-refractivity contribution is -0.139. The molecule has 98 valence electrons. The molecule has 0 radical (unpaired) electrons. The standard InChI is InChI=1S/C12H21NO3S/c1-2-17(15,16)11-8-13(9-11)12(14)10-6-4-3-5-7-10/h10-11H,2-9H2,1H3. The lowest BCUT2D eigenvalue weighted by atomic mass is 9.87. The highest BCUT2D eigenvalue weighted by Crippen LogP contribution is 2.28. The molecule has 0 aromatic heterocycles. The van der Waals surface area contributed by atoms with Gasteiger partial charge in [0.2, 0.25) is 5.91 Å². The topological polar surface area (TPSA) is 54.5 Å². The Morgan fingerprint density at radius 1 is 1.18 bits per heavy atom. The summed E-state index contributed by atoms with van der Waals surface area (Å²) in [6, 6.07) is 0. The summed E-state index contributed by atoms with van der Waals surface area (Å²) in [5, 5.41) is -0.306. The Kier molecular flexibility index (Phi) is 3.76. The summed E-state index contributed by atoms with van der Waals surface area (Å²) in [5.74, 6) is 0.532. The van der Waals surface area contributed by atoms with Crippen LogP contribution < -0.4 is 0 Å². The summed E-state index contributed by atoms with van der Waals surface area (Å²) in [6.45, 7) is 2.51. The van der Waals surface area contributed by atoms with E-state index in [2.05, 4.69) is 0 Å². The van der Waals surface area contributed by atoms with Crippen molar-refractivity contribution >= 4 is 15.7 Å². The van der Waals surface area contributed by atoms with Crippen LogP contribution in [0.3, 0.4) is 0 Å². The van der Waals surface area contributed by atoms with Crippen molar-refractivity contribution in [1.82, 2.24) is 4.90 Å². The van der Waals surface area contributed by atoms with E-state index in [1.807, 2.05) is 0 Å². The molecule has 1 amide bonds. The third-order valence-corrected chi connectivity index (χ3v) is 6.14. The average Bonchev–Trinajstić information content (AvgIpc) is 2.28. The van der Waals surface area contributed by atoms with Gasteiger partial charge in [-0.2, -0.15) is 0 Å². The van der Waals surface area contributed by atoms with Crippen molar-refractivity contribution in [3.63, 3.8) is 0 Å². The van der Waals surface area contributed by atoms with E-state index in [-0.39, 0.29) is 22.8 Å². The number of carbonyl (C=O) groups is 1. The van der Waals surface area contributed by atoms with Crippen molar-refractivity contribution in [2.24, 2.45) is 5.92 Å². The fraction of sp³-hybridized carbons (Fsp3) is 0.917. The van der Waals surface area contributed by atoms with Crippen LogP contribution >= 0.6 is 0 Å². The second kappa shape index (κ2) is 4.96. The zero-order valence-electron chi connectivity index (χ0n) is 10.4. The second-order valence-corrected chi connectivity index (χ2v) is 7.72. The molecular formula is C12H21NO3S. The summed E-state index contributed by atoms with van der Waals surface area (Å²) >= 11 is 0. The normalized spacial score (nSPS) is 23.5. The number of amides is 1. The molecule has 1 saturated carbocycles. The van der Waals surface area contributed by atoms with Crippen LogP contribution in [-0.2, 0) is 14.6 Å². The molecule has 1 heterocycles. The van der Waals surface area contributed by atoms with Crippen LogP contribution in [0.1, 0.15) is 39.0 Å². The van der Waals surface area contributed by atoms with Crippen molar-refractivity contribution in [2.75, 3.05) is 18.8 Å². The minimum absolute atomic E-state index is 0.161. The molecule has 0 aromatic rings. The number of hydrogen-bond donors (Lipinski definition) is 0. The number of rotatable bonds is 3. The zero-order valence-corrected chi connectivity index (χ0v) is 11.2. The average molecular weight is 259 g/mol. The first-order chi connectivity index (χ1) is 8.04. The van der Waals surface area contributed by atoms with Crippen LogP contribution in [0.25, 0.3) is 0 Å². The van der Waals surface area contributed by atoms with Crippen LogP contribution in [0.4, 0.5) is 0 Å². The maximum absolute atomic E-state index is 12.1. The lowest BCUT2D eigenvalue weighted by Crippen LogP contribution is -2.58. The van der Waals surface area contributed by atoms with Crippen LogP contribution in [0, 0.1) is 5.92 Å². The van der Waals surface area contributed by atoms with E-state index >= 15 is 0 Å². The largest absolute Gasteiger partial charge is 0.340 e. The summed E-state index contributed by atoms with van der Waals surface area (Å²) < 4.78 is 23.2. The Balaban J connectivity index is 1.85. The third kappa shape index (κ3) is 2.64. The number of carbonyl (C=O) groups excluding carboxylic acids is 1. The molecule has 17 heavy (non-hydrogen) atoms. The van der Waals surface area contributed by atoms with E-state index in [0.29, 0.717) is 13.1 Å². The molecule has 0 spiro atoms. The second-order valence-electron chi connectivity index (χ2n) is 5.15. The Hall–Kier alpha value is -0.580. The van der Waals surface area contributed by atoms with Crippen LogP contribution in [-0.4, -0.2) is 43.3 Å². The molecule has 2 fully saturated rings. The molecule has 0 bridgehead atoms. The van der Waals surface area contributed by atoms with Gasteiger partial charge in [0, 0.05) is 24.8 Å². The predicted octanol–water partition coefficient (Wildman–Crippen LogP) is 1.21. The van der Waals surface area contributed by atoms with E-state index in [0.717, 1.165) is 25.7 Å². The highest BCUT2D eigenvalue weighted by atomic mass is 32.2. The molecular weight excluding hydrogens is 238 g/mol. The first kappa shape index (κ1) is 12.9. The molecule has 0 N–H and O–H groups in total. The minimum atomic E-state index is -2.95. The number of likely N-dealkylation sites (tertiary alicyclic amines) is 1. The number of hydrogen-bond acceptors (Lipinski definition) is 3. The quantitative estimate of drug-likeness (QED) is 0.765. The predicted molar refractivity (Wildman–Crippen MR) is 66.4 cm³/mol. The van der Waals surface area contributed by atoms with E-state index in [9.17, 15) is 13.2 Å². The van der Waals surface area contributed by atoms with Gasteiger partial charge in [0.05, 0.1) is 5.25 Å². The maximum Gasteiger partial charge on any atom is 0.225 e. The van der Waals surface area contributed by atoms with Gasteiger partial charge in [0.1, 0.15) is 0 Å². The van der Waals surface area contributed by atoms with E-state index in [1.54, 1.807) is 11.8 Å². The van der Waals surface area contributed by atoms with Gasteiger partial charge in [-0.15, -0.1) is 0 Å². The summed E-state index contributed by atoms with van der Waals surface area (Å²) in [4.78, 5) is 13.8. The molecule has 4 nitrogen and oxygen atoms in total. The Labute approximate surface area is 103 Å². The molecule has 1 aliphatic carbocycles. The van der Waals surface area contributed by atoms with Gasteiger partial charge in [-0.3, -0.25) is 4.79 Å². The van der Waals surface area contributed by atoms with Gasteiger partial charge in [-0.1, -0.05) is 26.2 Å². The smallest absolute Gasteiger partial charge is 0.225 e. The molecule has 0 unspecified atom stereocenters. The SMILES string of the molecule is CCS(=O)(=O)C1CN(C(=O)C2CCCCC2)C1. The Morgan fingerprint density at radius 2 is 1.76 bits per heavy atom. The van der Waals surface area contributed by atoms with Gasteiger partial charge in [0.15, 0.2) is 9.84 Å². The van der Waals surface area contributed by atoms with Crippen molar-refractivity contribution in [3.8, 4) is 0 Å². The van der Waals surface area contributed by atoms with Crippen LogP contribution in [0.5, 0.6) is 0 Å². The van der Waals surface area contributed by atoms with Crippen molar-refractivity contribution in [3.05, 3.63) is 0 Å². The third-order valence-electron chi connectivity index (χ3n) is 4.02. The van der Waals surface area contributed by atoms with Crippen molar-refractivity contribution < 1.29 is 13.2 Å². The summed E-state index contributed by atoms with van der Waals surface area (Å²) in [6.07, 6.45) is 5.49. The Bertz CT molecular complexity index is 379. The molecule has 0 atom stereocenters. The fourth-order valence-corrected chi connectivity index (χ4v) is 3.97. The number of nitrogens with zero attached hydrogens (tertiary/aromatic N) is 1. The molecule has 2 aliphatic rings. The van der Waals surface area contributed by atoms with Crippen molar-refractivity contribution in [1.29, 1.82) is 0 Å². The molecule has 5 heteroatoms. The first-order valence-electron chi connectivity index (χ1n) is 6.55. The fourth-order valence-electron chi connectivity index (χ4n) is 2.69. The summed E-state index contributed by atoms with van der Waals surface area (Å²) in [5.41, 5.74) is 0. The van der Waals surface area contributed by atoms with Crippen LogP contribution in [0.2, 0.25) is 0 Å². The van der Waals surface area contributed by atoms with Gasteiger partial charge in [0.25, 0.3) is 0 Å². The van der Waals surface area contributed by atoms with Gasteiger partial charge in [-0.05, 0) is 12.8 Å². The minimum Gasteiger partial charge on any atom is -0.340 e.